The maximum absolute atomic E-state index is 12.4. The van der Waals surface area contributed by atoms with Crippen molar-refractivity contribution in [2.45, 2.75) is 38.8 Å². The average molecular weight is 447 g/mol. The molecule has 0 aliphatic heterocycles. The van der Waals surface area contributed by atoms with Gasteiger partial charge in [-0.15, -0.1) is 0 Å². The van der Waals surface area contributed by atoms with Crippen LogP contribution >= 0.6 is 0 Å². The number of nitrogens with zero attached hydrogens (tertiary/aromatic N) is 4. The Kier molecular flexibility index (Phi) is 6.56. The fraction of sp³-hybridized carbons (Fsp3) is 0.286. The lowest BCUT2D eigenvalue weighted by Crippen LogP contribution is -2.21. The smallest absolute Gasteiger partial charge is 0.475 e. The van der Waals surface area contributed by atoms with Gasteiger partial charge in [0, 0.05) is 29.2 Å². The van der Waals surface area contributed by atoms with Gasteiger partial charge in [0.2, 0.25) is 0 Å². The average Bonchev–Trinajstić information content (AvgIpc) is 3.55. The number of rotatable bonds is 4. The van der Waals surface area contributed by atoms with Gasteiger partial charge in [0.25, 0.3) is 5.91 Å². The second-order valence-electron chi connectivity index (χ2n) is 7.16. The number of hydrogen-bond acceptors (Lipinski definition) is 5. The van der Waals surface area contributed by atoms with E-state index in [1.165, 1.54) is 0 Å². The monoisotopic (exact) mass is 447 g/mol. The van der Waals surface area contributed by atoms with Crippen LogP contribution in [0.15, 0.2) is 42.9 Å². The third-order valence-corrected chi connectivity index (χ3v) is 4.75. The summed E-state index contributed by atoms with van der Waals surface area (Å²) in [4.78, 5) is 34.2. The van der Waals surface area contributed by atoms with Crippen LogP contribution in [-0.2, 0) is 4.79 Å². The van der Waals surface area contributed by atoms with Crippen molar-refractivity contribution in [3.8, 4) is 5.69 Å². The number of anilines is 1. The number of imidazole rings is 1. The number of carbonyl (C=O) groups is 2. The highest BCUT2D eigenvalue weighted by Gasteiger charge is 2.38. The van der Waals surface area contributed by atoms with Crippen molar-refractivity contribution < 1.29 is 27.9 Å². The number of aromatic nitrogens is 4. The molecule has 11 heteroatoms. The standard InChI is InChI=1S/C19H19N5O.C2HF3O2/c1-12-13(2)24(11-21-12)16-7-5-15(6-8-16)22-19(25)17-9-10-20-18(23-17)14-3-4-14;3-2(4,5)1(6)7/h5-11,14H,3-4H2,1-2H3,(H,22,25);(H,6,7). The van der Waals surface area contributed by atoms with E-state index in [0.29, 0.717) is 11.6 Å². The van der Waals surface area contributed by atoms with Gasteiger partial charge in [0.15, 0.2) is 0 Å². The number of aliphatic carboxylic acids is 1. The van der Waals surface area contributed by atoms with Crippen LogP contribution in [0.4, 0.5) is 18.9 Å². The lowest BCUT2D eigenvalue weighted by molar-refractivity contribution is -0.192. The third kappa shape index (κ3) is 5.68. The molecule has 0 saturated heterocycles. The number of halogens is 3. The highest BCUT2D eigenvalue weighted by Crippen LogP contribution is 2.37. The summed E-state index contributed by atoms with van der Waals surface area (Å²) in [6.45, 7) is 4.02. The molecular weight excluding hydrogens is 427 g/mol. The zero-order valence-electron chi connectivity index (χ0n) is 17.2. The molecule has 0 atom stereocenters. The van der Waals surface area contributed by atoms with Gasteiger partial charge >= 0.3 is 12.1 Å². The van der Waals surface area contributed by atoms with Gasteiger partial charge in [0.1, 0.15) is 11.5 Å². The van der Waals surface area contributed by atoms with Gasteiger partial charge in [-0.1, -0.05) is 0 Å². The summed E-state index contributed by atoms with van der Waals surface area (Å²) in [5.74, 6) is -1.78. The number of carboxylic acids is 1. The Labute approximate surface area is 181 Å². The zero-order chi connectivity index (χ0) is 23.5. The Morgan fingerprint density at radius 3 is 2.22 bits per heavy atom. The first-order chi connectivity index (χ1) is 15.1. The number of aryl methyl sites for hydroxylation is 1. The predicted molar refractivity (Wildman–Crippen MR) is 109 cm³/mol. The van der Waals surface area contributed by atoms with Crippen molar-refractivity contribution in [3.63, 3.8) is 0 Å². The molecule has 4 rings (SSSR count). The van der Waals surface area contributed by atoms with Gasteiger partial charge in [-0.2, -0.15) is 13.2 Å². The first kappa shape index (κ1) is 22.9. The summed E-state index contributed by atoms with van der Waals surface area (Å²) in [6, 6.07) is 9.32. The summed E-state index contributed by atoms with van der Waals surface area (Å²) >= 11 is 0. The second kappa shape index (κ2) is 9.16. The number of alkyl halides is 3. The molecule has 168 valence electrons. The third-order valence-electron chi connectivity index (χ3n) is 4.75. The molecule has 0 unspecified atom stereocenters. The van der Waals surface area contributed by atoms with Gasteiger partial charge < -0.3 is 15.0 Å². The van der Waals surface area contributed by atoms with Crippen LogP contribution in [0.5, 0.6) is 0 Å². The van der Waals surface area contributed by atoms with Crippen molar-refractivity contribution in [2.24, 2.45) is 0 Å². The lowest BCUT2D eigenvalue weighted by atomic mass is 10.2. The minimum Gasteiger partial charge on any atom is -0.475 e. The molecule has 0 spiro atoms. The number of amides is 1. The molecule has 3 aromatic rings. The van der Waals surface area contributed by atoms with Gasteiger partial charge in [-0.3, -0.25) is 4.79 Å². The van der Waals surface area contributed by atoms with Crippen molar-refractivity contribution in [2.75, 3.05) is 5.32 Å². The van der Waals surface area contributed by atoms with Gasteiger partial charge in [0.05, 0.1) is 12.0 Å². The molecule has 1 aliphatic carbocycles. The normalized spacial score (nSPS) is 13.2. The molecule has 8 nitrogen and oxygen atoms in total. The molecule has 0 bridgehead atoms. The van der Waals surface area contributed by atoms with Crippen molar-refractivity contribution in [3.05, 3.63) is 65.8 Å². The molecule has 1 aromatic carbocycles. The molecular formula is C21H20F3N5O3. The summed E-state index contributed by atoms with van der Waals surface area (Å²) in [7, 11) is 0. The Bertz CT molecular complexity index is 1120. The Hall–Kier alpha value is -3.76. The van der Waals surface area contributed by atoms with Crippen LogP contribution < -0.4 is 5.32 Å². The fourth-order valence-corrected chi connectivity index (χ4v) is 2.70. The number of carbonyl (C=O) groups excluding carboxylic acids is 1. The molecule has 2 N–H and O–H groups in total. The summed E-state index contributed by atoms with van der Waals surface area (Å²) in [5.41, 5.74) is 4.25. The molecule has 1 fully saturated rings. The van der Waals surface area contributed by atoms with E-state index in [1.54, 1.807) is 18.6 Å². The van der Waals surface area contributed by atoms with E-state index in [-0.39, 0.29) is 5.91 Å². The van der Waals surface area contributed by atoms with Gasteiger partial charge in [-0.25, -0.2) is 19.7 Å². The molecule has 1 saturated carbocycles. The number of carboxylic acid groups (broad SMARTS) is 1. The van der Waals surface area contributed by atoms with E-state index in [0.717, 1.165) is 41.4 Å². The van der Waals surface area contributed by atoms with E-state index < -0.39 is 12.1 Å². The molecule has 0 radical (unpaired) electrons. The number of nitrogens with one attached hydrogen (secondary N) is 1. The number of hydrogen-bond donors (Lipinski definition) is 2. The van der Waals surface area contributed by atoms with E-state index in [2.05, 4.69) is 20.3 Å². The first-order valence-corrected chi connectivity index (χ1v) is 9.61. The fourth-order valence-electron chi connectivity index (χ4n) is 2.70. The Balaban J connectivity index is 0.000000360. The second-order valence-corrected chi connectivity index (χ2v) is 7.16. The first-order valence-electron chi connectivity index (χ1n) is 9.61. The molecule has 1 aliphatic rings. The van der Waals surface area contributed by atoms with Crippen LogP contribution in [0.25, 0.3) is 5.69 Å². The summed E-state index contributed by atoms with van der Waals surface area (Å²) < 4.78 is 33.8. The molecule has 1 amide bonds. The zero-order valence-corrected chi connectivity index (χ0v) is 17.2. The van der Waals surface area contributed by atoms with Crippen LogP contribution in [0.2, 0.25) is 0 Å². The number of benzene rings is 1. The minimum absolute atomic E-state index is 0.216. The van der Waals surface area contributed by atoms with Crippen molar-refractivity contribution in [1.29, 1.82) is 0 Å². The maximum Gasteiger partial charge on any atom is 0.490 e. The van der Waals surface area contributed by atoms with E-state index >= 15 is 0 Å². The van der Waals surface area contributed by atoms with E-state index in [1.807, 2.05) is 42.7 Å². The maximum atomic E-state index is 12.4. The van der Waals surface area contributed by atoms with Crippen LogP contribution in [0, 0.1) is 13.8 Å². The lowest BCUT2D eigenvalue weighted by Gasteiger charge is -2.09. The van der Waals surface area contributed by atoms with Crippen molar-refractivity contribution in [1.82, 2.24) is 19.5 Å². The van der Waals surface area contributed by atoms with Crippen LogP contribution in [0.1, 0.15) is 46.5 Å². The van der Waals surface area contributed by atoms with Crippen molar-refractivity contribution >= 4 is 17.6 Å². The Morgan fingerprint density at radius 1 is 1.09 bits per heavy atom. The molecule has 2 aromatic heterocycles. The highest BCUT2D eigenvalue weighted by molar-refractivity contribution is 6.02. The molecule has 32 heavy (non-hydrogen) atoms. The highest BCUT2D eigenvalue weighted by atomic mass is 19.4. The van der Waals surface area contributed by atoms with E-state index in [9.17, 15) is 18.0 Å². The Morgan fingerprint density at radius 2 is 1.72 bits per heavy atom. The topological polar surface area (TPSA) is 110 Å². The van der Waals surface area contributed by atoms with Gasteiger partial charge in [-0.05, 0) is 57.0 Å². The largest absolute Gasteiger partial charge is 0.490 e. The minimum atomic E-state index is -5.08. The SMILES string of the molecule is Cc1ncn(-c2ccc(NC(=O)c3ccnc(C4CC4)n3)cc2)c1C.O=C(O)C(F)(F)F. The van der Waals surface area contributed by atoms with Crippen LogP contribution in [0.3, 0.4) is 0 Å². The predicted octanol–water partition coefficient (Wildman–Crippen LogP) is 4.04. The van der Waals surface area contributed by atoms with E-state index in [4.69, 9.17) is 9.90 Å². The summed E-state index contributed by atoms with van der Waals surface area (Å²) in [5, 5.41) is 10.0. The quantitative estimate of drug-likeness (QED) is 0.625. The molecule has 2 heterocycles. The van der Waals surface area contributed by atoms with Crippen LogP contribution in [-0.4, -0.2) is 42.7 Å². The summed E-state index contributed by atoms with van der Waals surface area (Å²) in [6.07, 6.45) is 0.598.